The van der Waals surface area contributed by atoms with Crippen LogP contribution in [0.25, 0.3) is 0 Å². The van der Waals surface area contributed by atoms with Crippen molar-refractivity contribution in [1.82, 2.24) is 4.90 Å². The lowest BCUT2D eigenvalue weighted by molar-refractivity contribution is -0.141. The molecule has 114 valence electrons. The van der Waals surface area contributed by atoms with Crippen LogP contribution in [-0.2, 0) is 4.79 Å². The summed E-state index contributed by atoms with van der Waals surface area (Å²) < 4.78 is 13.6. The molecule has 1 aliphatic rings. The molecule has 2 N–H and O–H groups in total. The van der Waals surface area contributed by atoms with Gasteiger partial charge in [-0.1, -0.05) is 0 Å². The lowest BCUT2D eigenvalue weighted by Gasteiger charge is -2.25. The van der Waals surface area contributed by atoms with Crippen molar-refractivity contribution in [2.24, 2.45) is 0 Å². The van der Waals surface area contributed by atoms with Gasteiger partial charge in [-0.25, -0.2) is 14.0 Å². The summed E-state index contributed by atoms with van der Waals surface area (Å²) >= 11 is 4.47. The minimum absolute atomic E-state index is 0.227. The first-order valence-corrected chi connectivity index (χ1v) is 8.04. The van der Waals surface area contributed by atoms with Gasteiger partial charge in [-0.2, -0.15) is 0 Å². The molecule has 2 atom stereocenters. The first kappa shape index (κ1) is 16.1. The standard InChI is InChI=1S/C13H14BrFN2O3S/c1-6-3-9(15)8(14)4-10(6)16-13(20)17-7(2)21-5-11(17)12(18)19/h3-4,7,11H,5H2,1-2H3,(H,16,20)(H,18,19). The fraction of sp³-hybridized carbons (Fsp3) is 0.385. The Labute approximate surface area is 134 Å². The molecule has 8 heteroatoms. The van der Waals surface area contributed by atoms with Crippen molar-refractivity contribution in [2.45, 2.75) is 25.3 Å². The molecule has 1 saturated heterocycles. The molecule has 0 aliphatic carbocycles. The molecule has 1 heterocycles. The number of aryl methyl sites for hydroxylation is 1. The van der Waals surface area contributed by atoms with Gasteiger partial charge in [0.25, 0.3) is 0 Å². The van der Waals surface area contributed by atoms with Crippen molar-refractivity contribution in [1.29, 1.82) is 0 Å². The second-order valence-electron chi connectivity index (χ2n) is 4.71. The van der Waals surface area contributed by atoms with E-state index in [2.05, 4.69) is 21.2 Å². The molecule has 5 nitrogen and oxygen atoms in total. The summed E-state index contributed by atoms with van der Waals surface area (Å²) in [6.45, 7) is 3.45. The van der Waals surface area contributed by atoms with E-state index in [4.69, 9.17) is 5.11 Å². The number of benzene rings is 1. The van der Waals surface area contributed by atoms with E-state index in [1.807, 2.05) is 0 Å². The van der Waals surface area contributed by atoms with Crippen LogP contribution >= 0.6 is 27.7 Å². The highest BCUT2D eigenvalue weighted by Crippen LogP contribution is 2.30. The van der Waals surface area contributed by atoms with Crippen molar-refractivity contribution in [3.05, 3.63) is 28.0 Å². The van der Waals surface area contributed by atoms with E-state index in [9.17, 15) is 14.0 Å². The second kappa shape index (κ2) is 6.23. The Bertz CT molecular complexity index is 599. The topological polar surface area (TPSA) is 69.6 Å². The number of halogens is 2. The molecular weight excluding hydrogens is 363 g/mol. The van der Waals surface area contributed by atoms with Crippen LogP contribution in [0.5, 0.6) is 0 Å². The van der Waals surface area contributed by atoms with Crippen LogP contribution in [0.2, 0.25) is 0 Å². The van der Waals surface area contributed by atoms with E-state index in [0.29, 0.717) is 17.0 Å². The van der Waals surface area contributed by atoms with Gasteiger partial charge in [-0.15, -0.1) is 11.8 Å². The highest BCUT2D eigenvalue weighted by Gasteiger charge is 2.39. The predicted molar refractivity (Wildman–Crippen MR) is 83.0 cm³/mol. The van der Waals surface area contributed by atoms with E-state index < -0.39 is 23.9 Å². The van der Waals surface area contributed by atoms with E-state index in [0.717, 1.165) is 0 Å². The molecule has 2 amide bonds. The number of aliphatic carboxylic acids is 1. The maximum absolute atomic E-state index is 13.4. The summed E-state index contributed by atoms with van der Waals surface area (Å²) in [5.74, 6) is -1.09. The highest BCUT2D eigenvalue weighted by atomic mass is 79.9. The minimum Gasteiger partial charge on any atom is -0.480 e. The largest absolute Gasteiger partial charge is 0.480 e. The fourth-order valence-corrected chi connectivity index (χ4v) is 3.61. The number of urea groups is 1. The average Bonchev–Trinajstić information content (AvgIpc) is 2.78. The Morgan fingerprint density at radius 2 is 2.19 bits per heavy atom. The van der Waals surface area contributed by atoms with Gasteiger partial charge in [0.2, 0.25) is 0 Å². The Kier molecular flexibility index (Phi) is 4.77. The van der Waals surface area contributed by atoms with Crippen LogP contribution in [0.3, 0.4) is 0 Å². The summed E-state index contributed by atoms with van der Waals surface area (Å²) in [5.41, 5.74) is 1.01. The smallest absolute Gasteiger partial charge is 0.327 e. The summed E-state index contributed by atoms with van der Waals surface area (Å²) in [5, 5.41) is 11.6. The normalized spacial score (nSPS) is 21.4. The zero-order valence-corrected chi connectivity index (χ0v) is 13.8. The van der Waals surface area contributed by atoms with Crippen LogP contribution in [0.1, 0.15) is 12.5 Å². The second-order valence-corrected chi connectivity index (χ2v) is 6.91. The van der Waals surface area contributed by atoms with Crippen molar-refractivity contribution in [3.8, 4) is 0 Å². The fourth-order valence-electron chi connectivity index (χ4n) is 2.10. The molecule has 0 radical (unpaired) electrons. The number of rotatable bonds is 2. The van der Waals surface area contributed by atoms with Gasteiger partial charge in [-0.05, 0) is 47.5 Å². The zero-order chi connectivity index (χ0) is 15.7. The number of nitrogens with zero attached hydrogens (tertiary/aromatic N) is 1. The SMILES string of the molecule is Cc1cc(F)c(Br)cc1NC(=O)N1C(C)SCC1C(=O)O. The molecule has 1 aliphatic heterocycles. The van der Waals surface area contributed by atoms with Gasteiger partial charge in [0, 0.05) is 11.4 Å². The molecule has 21 heavy (non-hydrogen) atoms. The van der Waals surface area contributed by atoms with Crippen molar-refractivity contribution >= 4 is 45.4 Å². The molecule has 2 unspecified atom stereocenters. The summed E-state index contributed by atoms with van der Waals surface area (Å²) in [7, 11) is 0. The zero-order valence-electron chi connectivity index (χ0n) is 11.4. The van der Waals surface area contributed by atoms with Gasteiger partial charge in [0.05, 0.1) is 9.85 Å². The van der Waals surface area contributed by atoms with Gasteiger partial charge in [-0.3, -0.25) is 4.90 Å². The lowest BCUT2D eigenvalue weighted by Crippen LogP contribution is -2.46. The Balaban J connectivity index is 2.21. The van der Waals surface area contributed by atoms with Crippen LogP contribution in [-0.4, -0.2) is 39.2 Å². The van der Waals surface area contributed by atoms with Gasteiger partial charge in [0.15, 0.2) is 0 Å². The number of nitrogens with one attached hydrogen (secondary N) is 1. The maximum atomic E-state index is 13.4. The number of carboxylic acids is 1. The van der Waals surface area contributed by atoms with Crippen LogP contribution in [0.15, 0.2) is 16.6 Å². The van der Waals surface area contributed by atoms with E-state index in [-0.39, 0.29) is 9.85 Å². The summed E-state index contributed by atoms with van der Waals surface area (Å²) in [6, 6.07) is 1.42. The summed E-state index contributed by atoms with van der Waals surface area (Å²) in [4.78, 5) is 24.8. The Morgan fingerprint density at radius 3 is 2.81 bits per heavy atom. The van der Waals surface area contributed by atoms with Crippen LogP contribution < -0.4 is 5.32 Å². The van der Waals surface area contributed by atoms with Crippen LogP contribution in [0, 0.1) is 12.7 Å². The maximum Gasteiger partial charge on any atom is 0.327 e. The summed E-state index contributed by atoms with van der Waals surface area (Å²) in [6.07, 6.45) is 0. The van der Waals surface area contributed by atoms with Gasteiger partial charge < -0.3 is 10.4 Å². The quantitative estimate of drug-likeness (QED) is 0.830. The van der Waals surface area contributed by atoms with Crippen molar-refractivity contribution in [3.63, 3.8) is 0 Å². The number of anilines is 1. The third-order valence-corrected chi connectivity index (χ3v) is 5.08. The number of hydrogen-bond acceptors (Lipinski definition) is 3. The molecule has 2 rings (SSSR count). The molecule has 1 aromatic rings. The third kappa shape index (κ3) is 3.32. The van der Waals surface area contributed by atoms with Crippen molar-refractivity contribution in [2.75, 3.05) is 11.1 Å². The molecular formula is C13H14BrFN2O3S. The van der Waals surface area contributed by atoms with Crippen LogP contribution in [0.4, 0.5) is 14.9 Å². The number of thioether (sulfide) groups is 1. The third-order valence-electron chi connectivity index (χ3n) is 3.25. The van der Waals surface area contributed by atoms with Gasteiger partial charge in [0.1, 0.15) is 11.9 Å². The lowest BCUT2D eigenvalue weighted by atomic mass is 10.2. The first-order chi connectivity index (χ1) is 9.81. The number of amides is 2. The number of carbonyl (C=O) groups excluding carboxylic acids is 1. The Morgan fingerprint density at radius 1 is 1.52 bits per heavy atom. The molecule has 0 saturated carbocycles. The van der Waals surface area contributed by atoms with E-state index >= 15 is 0 Å². The minimum atomic E-state index is -1.03. The monoisotopic (exact) mass is 376 g/mol. The van der Waals surface area contributed by atoms with Crippen molar-refractivity contribution < 1.29 is 19.1 Å². The number of carboxylic acid groups (broad SMARTS) is 1. The van der Waals surface area contributed by atoms with Gasteiger partial charge >= 0.3 is 12.0 Å². The number of carbonyl (C=O) groups is 2. The predicted octanol–water partition coefficient (Wildman–Crippen LogP) is 3.28. The Hall–Kier alpha value is -1.28. The highest BCUT2D eigenvalue weighted by molar-refractivity contribution is 9.10. The molecule has 1 fully saturated rings. The molecule has 0 aromatic heterocycles. The number of hydrogen-bond donors (Lipinski definition) is 2. The van der Waals surface area contributed by atoms with E-state index in [1.54, 1.807) is 13.8 Å². The average molecular weight is 377 g/mol. The van der Waals surface area contributed by atoms with E-state index in [1.165, 1.54) is 28.8 Å². The molecule has 1 aromatic carbocycles. The molecule has 0 bridgehead atoms. The molecule has 0 spiro atoms. The first-order valence-electron chi connectivity index (χ1n) is 6.20.